The van der Waals surface area contributed by atoms with Crippen LogP contribution in [-0.2, 0) is 14.8 Å². The fourth-order valence-electron chi connectivity index (χ4n) is 2.31. The van der Waals surface area contributed by atoms with Gasteiger partial charge in [0.2, 0.25) is 5.91 Å². The first-order valence-electron chi connectivity index (χ1n) is 8.56. The molecular formula is C19H23N3O5S. The Balaban J connectivity index is 2.09. The molecule has 8 nitrogen and oxygen atoms in total. The number of anilines is 1. The van der Waals surface area contributed by atoms with Gasteiger partial charge in [0.1, 0.15) is 5.75 Å². The summed E-state index contributed by atoms with van der Waals surface area (Å²) in [7, 11) is -2.37. The Morgan fingerprint density at radius 2 is 1.75 bits per heavy atom. The lowest BCUT2D eigenvalue weighted by atomic mass is 10.2. The monoisotopic (exact) mass is 405 g/mol. The highest BCUT2D eigenvalue weighted by atomic mass is 32.2. The van der Waals surface area contributed by atoms with E-state index >= 15 is 0 Å². The summed E-state index contributed by atoms with van der Waals surface area (Å²) in [6.45, 7) is 3.42. The van der Waals surface area contributed by atoms with Gasteiger partial charge in [0, 0.05) is 17.3 Å². The maximum Gasteiger partial charge on any atom is 0.261 e. The number of methoxy groups -OCH3 is 1. The van der Waals surface area contributed by atoms with Crippen LogP contribution in [0.15, 0.2) is 53.4 Å². The van der Waals surface area contributed by atoms with E-state index in [2.05, 4.69) is 15.4 Å². The van der Waals surface area contributed by atoms with Crippen LogP contribution in [0.5, 0.6) is 5.75 Å². The van der Waals surface area contributed by atoms with Crippen molar-refractivity contribution in [2.45, 2.75) is 24.8 Å². The first-order chi connectivity index (χ1) is 13.2. The third kappa shape index (κ3) is 5.98. The third-order valence-corrected chi connectivity index (χ3v) is 4.99. The first-order valence-corrected chi connectivity index (χ1v) is 10.0. The van der Waals surface area contributed by atoms with Crippen LogP contribution in [0.3, 0.4) is 0 Å². The number of carbonyl (C=O) groups is 2. The summed E-state index contributed by atoms with van der Waals surface area (Å²) >= 11 is 0. The number of hydrogen-bond donors (Lipinski definition) is 3. The van der Waals surface area contributed by atoms with E-state index in [1.54, 1.807) is 24.3 Å². The Labute approximate surface area is 164 Å². The van der Waals surface area contributed by atoms with Crippen molar-refractivity contribution in [1.29, 1.82) is 0 Å². The summed E-state index contributed by atoms with van der Waals surface area (Å²) in [4.78, 5) is 23.8. The lowest BCUT2D eigenvalue weighted by Gasteiger charge is -2.11. The molecule has 2 aromatic carbocycles. The van der Waals surface area contributed by atoms with Gasteiger partial charge >= 0.3 is 0 Å². The van der Waals surface area contributed by atoms with E-state index in [1.807, 2.05) is 13.8 Å². The Hall–Kier alpha value is -3.07. The quantitative estimate of drug-likeness (QED) is 0.619. The number of nitrogens with one attached hydrogen (secondary N) is 3. The maximum atomic E-state index is 12.6. The molecule has 0 radical (unpaired) electrons. The van der Waals surface area contributed by atoms with Gasteiger partial charge in [-0.15, -0.1) is 0 Å². The van der Waals surface area contributed by atoms with Crippen molar-refractivity contribution >= 4 is 27.5 Å². The molecule has 2 aromatic rings. The minimum Gasteiger partial charge on any atom is -0.497 e. The summed E-state index contributed by atoms with van der Waals surface area (Å²) in [5.41, 5.74) is 0.496. The molecule has 9 heteroatoms. The van der Waals surface area contributed by atoms with Crippen molar-refractivity contribution < 1.29 is 22.7 Å². The van der Waals surface area contributed by atoms with Crippen molar-refractivity contribution in [2.24, 2.45) is 0 Å². The fraction of sp³-hybridized carbons (Fsp3) is 0.263. The highest BCUT2D eigenvalue weighted by molar-refractivity contribution is 7.92. The Morgan fingerprint density at radius 3 is 2.36 bits per heavy atom. The smallest absolute Gasteiger partial charge is 0.261 e. The Bertz CT molecular complexity index is 940. The zero-order chi connectivity index (χ0) is 20.7. The molecule has 0 aliphatic carbocycles. The number of amides is 2. The minimum absolute atomic E-state index is 0.0399. The van der Waals surface area contributed by atoms with Crippen molar-refractivity contribution in [3.8, 4) is 5.75 Å². The molecule has 0 heterocycles. The molecule has 0 bridgehead atoms. The molecule has 3 N–H and O–H groups in total. The van der Waals surface area contributed by atoms with Gasteiger partial charge in [0.15, 0.2) is 0 Å². The number of rotatable bonds is 8. The number of sulfonamides is 1. The van der Waals surface area contributed by atoms with Gasteiger partial charge in [-0.1, -0.05) is 6.07 Å². The molecular weight excluding hydrogens is 382 g/mol. The van der Waals surface area contributed by atoms with Gasteiger partial charge in [-0.25, -0.2) is 8.42 Å². The van der Waals surface area contributed by atoms with Gasteiger partial charge in [-0.3, -0.25) is 14.3 Å². The molecule has 0 unspecified atom stereocenters. The van der Waals surface area contributed by atoms with Gasteiger partial charge in [0.25, 0.3) is 15.9 Å². The fourth-order valence-corrected chi connectivity index (χ4v) is 3.42. The number of benzene rings is 2. The summed E-state index contributed by atoms with van der Waals surface area (Å²) in [6, 6.07) is 11.9. The van der Waals surface area contributed by atoms with Gasteiger partial charge in [-0.2, -0.15) is 0 Å². The number of hydrogen-bond acceptors (Lipinski definition) is 5. The van der Waals surface area contributed by atoms with Crippen LogP contribution in [0.4, 0.5) is 5.69 Å². The highest BCUT2D eigenvalue weighted by Crippen LogP contribution is 2.20. The molecule has 28 heavy (non-hydrogen) atoms. The number of ether oxygens (including phenoxy) is 1. The highest BCUT2D eigenvalue weighted by Gasteiger charge is 2.17. The SMILES string of the molecule is COc1ccc(NS(=O)(=O)c2cccc(C(=O)NCC(=O)NC(C)C)c2)cc1. The average molecular weight is 405 g/mol. The molecule has 2 rings (SSSR count). The summed E-state index contributed by atoms with van der Waals surface area (Å²) < 4.78 is 32.6. The van der Waals surface area contributed by atoms with Crippen LogP contribution in [0.25, 0.3) is 0 Å². The van der Waals surface area contributed by atoms with E-state index in [-0.39, 0.29) is 29.0 Å². The first kappa shape index (κ1) is 21.2. The topological polar surface area (TPSA) is 114 Å². The van der Waals surface area contributed by atoms with Gasteiger partial charge in [-0.05, 0) is 56.3 Å². The predicted octanol–water partition coefficient (Wildman–Crippen LogP) is 1.75. The van der Waals surface area contributed by atoms with E-state index in [0.29, 0.717) is 11.4 Å². The second-order valence-corrected chi connectivity index (χ2v) is 7.95. The van der Waals surface area contributed by atoms with Crippen LogP contribution >= 0.6 is 0 Å². The molecule has 150 valence electrons. The standard InChI is InChI=1S/C19H23N3O5S/c1-13(2)21-18(23)12-20-19(24)14-5-4-6-17(11-14)28(25,26)22-15-7-9-16(27-3)10-8-15/h4-11,13,22H,12H2,1-3H3,(H,20,24)(H,21,23). The van der Waals surface area contributed by atoms with E-state index in [1.165, 1.54) is 31.4 Å². The molecule has 0 aromatic heterocycles. The van der Waals surface area contributed by atoms with Crippen LogP contribution in [0.2, 0.25) is 0 Å². The predicted molar refractivity (Wildman–Crippen MR) is 106 cm³/mol. The van der Waals surface area contributed by atoms with Crippen molar-refractivity contribution in [3.05, 3.63) is 54.1 Å². The van der Waals surface area contributed by atoms with E-state index in [4.69, 9.17) is 4.74 Å². The second kappa shape index (κ2) is 9.23. The Morgan fingerprint density at radius 1 is 1.07 bits per heavy atom. The zero-order valence-corrected chi connectivity index (χ0v) is 16.7. The van der Waals surface area contributed by atoms with Gasteiger partial charge in [0.05, 0.1) is 18.6 Å². The van der Waals surface area contributed by atoms with Crippen molar-refractivity contribution in [2.75, 3.05) is 18.4 Å². The molecule has 2 amide bonds. The van der Waals surface area contributed by atoms with E-state index < -0.39 is 15.9 Å². The molecule has 0 saturated carbocycles. The van der Waals surface area contributed by atoms with E-state index in [0.717, 1.165) is 0 Å². The zero-order valence-electron chi connectivity index (χ0n) is 15.9. The van der Waals surface area contributed by atoms with Crippen LogP contribution < -0.4 is 20.1 Å². The van der Waals surface area contributed by atoms with Crippen LogP contribution in [-0.4, -0.2) is 39.9 Å². The lowest BCUT2D eigenvalue weighted by molar-refractivity contribution is -0.120. The van der Waals surface area contributed by atoms with Crippen LogP contribution in [0, 0.1) is 0 Å². The Kier molecular flexibility index (Phi) is 7.00. The van der Waals surface area contributed by atoms with Gasteiger partial charge < -0.3 is 15.4 Å². The van der Waals surface area contributed by atoms with Crippen molar-refractivity contribution in [1.82, 2.24) is 10.6 Å². The summed E-state index contributed by atoms with van der Waals surface area (Å²) in [5.74, 6) is -0.267. The molecule has 0 atom stereocenters. The normalized spacial score (nSPS) is 11.0. The largest absolute Gasteiger partial charge is 0.497 e. The molecule has 0 spiro atoms. The molecule has 0 aliphatic heterocycles. The summed E-state index contributed by atoms with van der Waals surface area (Å²) in [5, 5.41) is 5.12. The molecule has 0 aliphatic rings. The molecule has 0 saturated heterocycles. The average Bonchev–Trinajstić information content (AvgIpc) is 2.66. The van der Waals surface area contributed by atoms with Crippen LogP contribution in [0.1, 0.15) is 24.2 Å². The maximum absolute atomic E-state index is 12.6. The van der Waals surface area contributed by atoms with Crippen molar-refractivity contribution in [3.63, 3.8) is 0 Å². The molecule has 0 fully saturated rings. The number of carbonyl (C=O) groups excluding carboxylic acids is 2. The third-order valence-electron chi connectivity index (χ3n) is 3.61. The van der Waals surface area contributed by atoms with E-state index in [9.17, 15) is 18.0 Å². The lowest BCUT2D eigenvalue weighted by Crippen LogP contribution is -2.39. The minimum atomic E-state index is -3.89. The second-order valence-electron chi connectivity index (χ2n) is 6.27. The summed E-state index contributed by atoms with van der Waals surface area (Å²) in [6.07, 6.45) is 0.